The molecule has 6 heteroatoms. The molecule has 0 unspecified atom stereocenters. The predicted molar refractivity (Wildman–Crippen MR) is 113 cm³/mol. The quantitative estimate of drug-likeness (QED) is 0.455. The van der Waals surface area contributed by atoms with E-state index in [9.17, 15) is 14.4 Å². The highest BCUT2D eigenvalue weighted by molar-refractivity contribution is 6.25. The summed E-state index contributed by atoms with van der Waals surface area (Å²) >= 11 is 0. The second-order valence-electron chi connectivity index (χ2n) is 7.23. The number of quaternary nitrogens is 1. The van der Waals surface area contributed by atoms with E-state index >= 15 is 0 Å². The van der Waals surface area contributed by atoms with Gasteiger partial charge in [-0.25, -0.2) is 0 Å². The summed E-state index contributed by atoms with van der Waals surface area (Å²) in [5, 5.41) is 5.30. The molecule has 31 heavy (non-hydrogen) atoms. The van der Waals surface area contributed by atoms with Gasteiger partial charge in [0, 0.05) is 33.8 Å². The number of fused-ring (bicyclic) bond motifs is 1. The van der Waals surface area contributed by atoms with Gasteiger partial charge in [-0.3, -0.25) is 14.4 Å². The molecular formula is C25H21N3O3+2. The van der Waals surface area contributed by atoms with E-state index in [1.807, 2.05) is 30.3 Å². The van der Waals surface area contributed by atoms with Gasteiger partial charge in [0.15, 0.2) is 5.78 Å². The number of benzene rings is 3. The SMILES string of the molecule is [NH2+]=NC1=C([NH2+]CCc2ccc(C(=O)c3ccccc3)cc2)C(=O)c2ccccc2C1=O. The summed E-state index contributed by atoms with van der Waals surface area (Å²) in [6.07, 6.45) is 0.643. The van der Waals surface area contributed by atoms with E-state index in [0.717, 1.165) is 5.56 Å². The summed E-state index contributed by atoms with van der Waals surface area (Å²) in [6, 6.07) is 23.2. The Balaban J connectivity index is 1.44. The highest BCUT2D eigenvalue weighted by Crippen LogP contribution is 2.23. The van der Waals surface area contributed by atoms with Crippen LogP contribution in [0.3, 0.4) is 0 Å². The van der Waals surface area contributed by atoms with Crippen molar-refractivity contribution in [2.24, 2.45) is 5.11 Å². The first-order chi connectivity index (χ1) is 15.1. The maximum Gasteiger partial charge on any atom is 0.249 e. The number of hydrogen-bond acceptors (Lipinski definition) is 4. The molecule has 0 fully saturated rings. The van der Waals surface area contributed by atoms with Crippen molar-refractivity contribution in [3.05, 3.63) is 118 Å². The van der Waals surface area contributed by atoms with Crippen molar-refractivity contribution in [1.82, 2.24) is 0 Å². The lowest BCUT2D eigenvalue weighted by Gasteiger charge is -2.14. The topological polar surface area (TPSA) is 106 Å². The molecule has 0 spiro atoms. The van der Waals surface area contributed by atoms with Crippen LogP contribution in [0.15, 0.2) is 95.4 Å². The summed E-state index contributed by atoms with van der Waals surface area (Å²) in [7, 11) is 0. The minimum atomic E-state index is -0.340. The van der Waals surface area contributed by atoms with Gasteiger partial charge in [-0.1, -0.05) is 78.9 Å². The fourth-order valence-electron chi connectivity index (χ4n) is 3.66. The second kappa shape index (κ2) is 8.77. The third kappa shape index (κ3) is 4.01. The summed E-state index contributed by atoms with van der Waals surface area (Å²) in [5.41, 5.74) is 8.63. The number of carbonyl (C=O) groups excluding carboxylic acids is 3. The number of hydrogen-bond donors (Lipinski definition) is 2. The molecule has 3 aromatic carbocycles. The van der Waals surface area contributed by atoms with Crippen LogP contribution in [0.2, 0.25) is 0 Å². The largest absolute Gasteiger partial charge is 0.308 e. The van der Waals surface area contributed by atoms with Gasteiger partial charge in [0.05, 0.1) is 6.54 Å². The zero-order chi connectivity index (χ0) is 21.8. The van der Waals surface area contributed by atoms with Gasteiger partial charge in [0.2, 0.25) is 23.0 Å². The standard InChI is InChI=1S/C25H19N3O3/c26-28-22-21(24(30)19-8-4-5-9-20(19)25(22)31)27-15-14-16-10-12-18(13-11-16)23(29)17-6-2-1-3-7-17/h1-13,26-27H,14-15H2/p+2. The molecule has 0 aliphatic heterocycles. The van der Waals surface area contributed by atoms with E-state index < -0.39 is 0 Å². The van der Waals surface area contributed by atoms with Gasteiger partial charge in [-0.2, -0.15) is 5.53 Å². The first kappa shape index (κ1) is 20.3. The first-order valence-corrected chi connectivity index (χ1v) is 9.95. The van der Waals surface area contributed by atoms with Crippen molar-refractivity contribution in [2.75, 3.05) is 6.54 Å². The van der Waals surface area contributed by atoms with Crippen LogP contribution >= 0.6 is 0 Å². The minimum absolute atomic E-state index is 0.00694. The Hall–Kier alpha value is -4.03. The molecule has 0 bridgehead atoms. The van der Waals surface area contributed by atoms with Crippen molar-refractivity contribution in [3.63, 3.8) is 0 Å². The van der Waals surface area contributed by atoms with Crippen LogP contribution in [0.1, 0.15) is 42.2 Å². The van der Waals surface area contributed by atoms with Crippen LogP contribution in [-0.4, -0.2) is 23.9 Å². The number of carbonyl (C=O) groups is 3. The fraction of sp³-hybridized carbons (Fsp3) is 0.0800. The average Bonchev–Trinajstić information content (AvgIpc) is 2.83. The van der Waals surface area contributed by atoms with Gasteiger partial charge in [-0.05, 0) is 5.56 Å². The maximum absolute atomic E-state index is 12.8. The fourth-order valence-corrected chi connectivity index (χ4v) is 3.66. The number of ketones is 3. The molecule has 3 aromatic rings. The number of nitrogens with two attached hydrogens (primary N) is 2. The lowest BCUT2D eigenvalue weighted by atomic mass is 9.90. The summed E-state index contributed by atoms with van der Waals surface area (Å²) in [4.78, 5) is 38.0. The lowest BCUT2D eigenvalue weighted by molar-refractivity contribution is -0.599. The molecule has 152 valence electrons. The van der Waals surface area contributed by atoms with E-state index in [1.54, 1.807) is 53.8 Å². The Bertz CT molecular complexity index is 1210. The van der Waals surface area contributed by atoms with Crippen LogP contribution in [0, 0.1) is 0 Å². The Labute approximate surface area is 179 Å². The van der Waals surface area contributed by atoms with Gasteiger partial charge in [0.1, 0.15) is 0 Å². The van der Waals surface area contributed by atoms with Gasteiger partial charge < -0.3 is 5.32 Å². The van der Waals surface area contributed by atoms with E-state index in [-0.39, 0.29) is 28.7 Å². The molecular weight excluding hydrogens is 390 g/mol. The monoisotopic (exact) mass is 411 g/mol. The zero-order valence-corrected chi connectivity index (χ0v) is 16.7. The Morgan fingerprint density at radius 3 is 2.00 bits per heavy atom. The molecule has 0 heterocycles. The van der Waals surface area contributed by atoms with Crippen molar-refractivity contribution < 1.29 is 25.2 Å². The number of allylic oxidation sites excluding steroid dienone is 2. The maximum atomic E-state index is 12.8. The third-order valence-corrected chi connectivity index (χ3v) is 5.29. The van der Waals surface area contributed by atoms with Crippen molar-refractivity contribution >= 4 is 17.3 Å². The van der Waals surface area contributed by atoms with Crippen molar-refractivity contribution in [2.45, 2.75) is 6.42 Å². The van der Waals surface area contributed by atoms with Gasteiger partial charge in [-0.15, -0.1) is 0 Å². The number of Topliss-reactive ketones (excluding diaryl/α,β-unsaturated/α-hetero) is 2. The van der Waals surface area contributed by atoms with Gasteiger partial charge in [0.25, 0.3) is 0 Å². The smallest absolute Gasteiger partial charge is 0.249 e. The summed E-state index contributed by atoms with van der Waals surface area (Å²) in [6.45, 7) is 0.529. The zero-order valence-electron chi connectivity index (χ0n) is 16.7. The Morgan fingerprint density at radius 2 is 1.35 bits per heavy atom. The molecule has 6 nitrogen and oxygen atoms in total. The van der Waals surface area contributed by atoms with E-state index in [0.29, 0.717) is 35.2 Å². The summed E-state index contributed by atoms with van der Waals surface area (Å²) < 4.78 is 0. The van der Waals surface area contributed by atoms with E-state index in [4.69, 9.17) is 5.53 Å². The van der Waals surface area contributed by atoms with Crippen LogP contribution in [0.25, 0.3) is 0 Å². The molecule has 0 aromatic heterocycles. The number of nitrogens with zero attached hydrogens (tertiary/aromatic N) is 1. The molecule has 0 radical (unpaired) electrons. The lowest BCUT2D eigenvalue weighted by Crippen LogP contribution is -2.85. The number of rotatable bonds is 7. The molecule has 1 aliphatic rings. The Kier molecular flexibility index (Phi) is 5.73. The molecule has 1 aliphatic carbocycles. The molecule has 4 rings (SSSR count). The first-order valence-electron chi connectivity index (χ1n) is 9.95. The third-order valence-electron chi connectivity index (χ3n) is 5.29. The van der Waals surface area contributed by atoms with E-state index in [2.05, 4.69) is 5.11 Å². The van der Waals surface area contributed by atoms with Gasteiger partial charge >= 0.3 is 0 Å². The summed E-state index contributed by atoms with van der Waals surface area (Å²) in [5.74, 6) is -0.612. The van der Waals surface area contributed by atoms with Crippen molar-refractivity contribution in [1.29, 1.82) is 0 Å². The second-order valence-corrected chi connectivity index (χ2v) is 7.23. The Morgan fingerprint density at radius 1 is 0.774 bits per heavy atom. The highest BCUT2D eigenvalue weighted by Gasteiger charge is 2.36. The molecule has 4 N–H and O–H groups in total. The molecule has 0 atom stereocenters. The molecule has 0 saturated carbocycles. The van der Waals surface area contributed by atoms with Crippen LogP contribution in [0.4, 0.5) is 0 Å². The average molecular weight is 411 g/mol. The minimum Gasteiger partial charge on any atom is -0.308 e. The van der Waals surface area contributed by atoms with E-state index in [1.165, 1.54) is 0 Å². The van der Waals surface area contributed by atoms with Crippen LogP contribution in [0.5, 0.6) is 0 Å². The van der Waals surface area contributed by atoms with Crippen molar-refractivity contribution in [3.8, 4) is 0 Å². The van der Waals surface area contributed by atoms with Crippen LogP contribution in [-0.2, 0) is 6.42 Å². The highest BCUT2D eigenvalue weighted by atomic mass is 16.1. The van der Waals surface area contributed by atoms with Crippen LogP contribution < -0.4 is 10.8 Å². The molecule has 0 amide bonds. The predicted octanol–water partition coefficient (Wildman–Crippen LogP) is 1.53. The molecule has 0 saturated heterocycles. The normalized spacial score (nSPS) is 13.2.